The van der Waals surface area contributed by atoms with Gasteiger partial charge in [0.25, 0.3) is 0 Å². The van der Waals surface area contributed by atoms with Crippen molar-refractivity contribution in [1.29, 1.82) is 0 Å². The molecular formula is C30H33NO7. The van der Waals surface area contributed by atoms with Crippen LogP contribution in [0.3, 0.4) is 0 Å². The number of esters is 2. The lowest BCUT2D eigenvalue weighted by Gasteiger charge is -2.39. The molecule has 0 fully saturated rings. The molecule has 0 spiro atoms. The second-order valence-electron chi connectivity index (χ2n) is 9.13. The molecule has 200 valence electrons. The molecule has 0 amide bonds. The van der Waals surface area contributed by atoms with E-state index < -0.39 is 35.5 Å². The van der Waals surface area contributed by atoms with Gasteiger partial charge in [-0.1, -0.05) is 30.3 Å². The van der Waals surface area contributed by atoms with Crippen LogP contribution in [0.1, 0.15) is 50.2 Å². The Kier molecular flexibility index (Phi) is 8.20. The summed E-state index contributed by atoms with van der Waals surface area (Å²) in [4.78, 5) is 40.9. The normalized spacial score (nSPS) is 20.9. The molecule has 1 aliphatic carbocycles. The maximum Gasteiger partial charge on any atom is 0.336 e. The third kappa shape index (κ3) is 4.90. The molecule has 2 aliphatic rings. The highest BCUT2D eigenvalue weighted by Crippen LogP contribution is 2.49. The van der Waals surface area contributed by atoms with Crippen molar-refractivity contribution in [3.8, 4) is 11.5 Å². The maximum atomic E-state index is 14.4. The summed E-state index contributed by atoms with van der Waals surface area (Å²) in [6.45, 7) is 5.55. The van der Waals surface area contributed by atoms with Gasteiger partial charge >= 0.3 is 11.9 Å². The first-order valence-electron chi connectivity index (χ1n) is 12.7. The predicted molar refractivity (Wildman–Crippen MR) is 141 cm³/mol. The van der Waals surface area contributed by atoms with Gasteiger partial charge in [-0.2, -0.15) is 0 Å². The summed E-state index contributed by atoms with van der Waals surface area (Å²) in [5, 5.41) is 3.31. The van der Waals surface area contributed by atoms with E-state index in [2.05, 4.69) is 5.32 Å². The van der Waals surface area contributed by atoms with Crippen molar-refractivity contribution in [3.63, 3.8) is 0 Å². The van der Waals surface area contributed by atoms with E-state index in [1.165, 1.54) is 0 Å². The van der Waals surface area contributed by atoms with Crippen molar-refractivity contribution in [2.45, 2.75) is 39.0 Å². The number of methoxy groups -OCH3 is 2. The van der Waals surface area contributed by atoms with Crippen LogP contribution in [0.2, 0.25) is 0 Å². The van der Waals surface area contributed by atoms with E-state index in [0.29, 0.717) is 46.0 Å². The molecule has 0 saturated carbocycles. The lowest BCUT2D eigenvalue weighted by Crippen LogP contribution is -2.43. The molecule has 0 saturated heterocycles. The number of benzene rings is 2. The summed E-state index contributed by atoms with van der Waals surface area (Å²) in [5.41, 5.74) is 3.36. The standard InChI is InChI=1S/C30H33NO7/c1-6-37-29(33)24-17(3)31-22-16-21(20-13-8-9-14-23(20)36-5)26(30(34)38-7-2)28(32)27(22)25(24)18-11-10-12-19(15-18)35-4/h8-15,21,25-26,31H,6-7,16H2,1-5H3/t21-,25-,26+/m1/s1. The van der Waals surface area contributed by atoms with Crippen molar-refractivity contribution in [2.24, 2.45) is 5.92 Å². The summed E-state index contributed by atoms with van der Waals surface area (Å²) in [6, 6.07) is 14.6. The number of dihydropyridines is 1. The number of carbonyl (C=O) groups is 3. The van der Waals surface area contributed by atoms with E-state index in [0.717, 1.165) is 5.56 Å². The molecule has 2 aromatic rings. The quantitative estimate of drug-likeness (QED) is 0.404. The molecule has 0 aromatic heterocycles. The van der Waals surface area contributed by atoms with Crippen LogP contribution in [0.15, 0.2) is 71.1 Å². The van der Waals surface area contributed by atoms with E-state index in [1.54, 1.807) is 47.1 Å². The van der Waals surface area contributed by atoms with Gasteiger partial charge in [0.2, 0.25) is 0 Å². The Hall–Kier alpha value is -4.07. The molecule has 2 aromatic carbocycles. The Balaban J connectivity index is 1.93. The number of hydrogen-bond acceptors (Lipinski definition) is 8. The van der Waals surface area contributed by atoms with Crippen LogP contribution in [-0.2, 0) is 23.9 Å². The molecule has 1 aliphatic heterocycles. The van der Waals surface area contributed by atoms with Crippen molar-refractivity contribution >= 4 is 17.7 Å². The van der Waals surface area contributed by atoms with Crippen LogP contribution in [0.25, 0.3) is 0 Å². The molecule has 8 nitrogen and oxygen atoms in total. The van der Waals surface area contributed by atoms with Gasteiger partial charge in [-0.3, -0.25) is 9.59 Å². The molecule has 1 heterocycles. The average Bonchev–Trinajstić information content (AvgIpc) is 2.92. The number of nitrogens with one attached hydrogen (secondary N) is 1. The van der Waals surface area contributed by atoms with Crippen LogP contribution >= 0.6 is 0 Å². The number of ether oxygens (including phenoxy) is 4. The molecule has 8 heteroatoms. The van der Waals surface area contributed by atoms with E-state index in [-0.39, 0.29) is 13.2 Å². The maximum absolute atomic E-state index is 14.4. The van der Waals surface area contributed by atoms with Gasteiger partial charge in [-0.05, 0) is 56.5 Å². The van der Waals surface area contributed by atoms with Gasteiger partial charge in [0, 0.05) is 28.8 Å². The van der Waals surface area contributed by atoms with Crippen LogP contribution < -0.4 is 14.8 Å². The first-order valence-corrected chi connectivity index (χ1v) is 12.7. The number of hydrogen-bond donors (Lipinski definition) is 1. The summed E-state index contributed by atoms with van der Waals surface area (Å²) in [7, 11) is 3.11. The fourth-order valence-electron chi connectivity index (χ4n) is 5.44. The molecule has 0 unspecified atom stereocenters. The molecule has 0 bridgehead atoms. The fraction of sp³-hybridized carbons (Fsp3) is 0.367. The Bertz CT molecular complexity index is 1310. The summed E-state index contributed by atoms with van der Waals surface area (Å²) < 4.78 is 21.8. The van der Waals surface area contributed by atoms with Crippen LogP contribution in [0.4, 0.5) is 0 Å². The molecule has 1 N–H and O–H groups in total. The van der Waals surface area contributed by atoms with Gasteiger partial charge in [0.05, 0.1) is 33.0 Å². The minimum atomic E-state index is -1.11. The number of rotatable bonds is 8. The zero-order chi connectivity index (χ0) is 27.4. The zero-order valence-corrected chi connectivity index (χ0v) is 22.3. The average molecular weight is 520 g/mol. The SMILES string of the molecule is CCOC(=O)C1=C(C)NC2=C(C(=O)[C@@H](C(=O)OCC)[C@@H](c3ccccc3OC)C2)[C@@H]1c1cccc(OC)c1. The topological polar surface area (TPSA) is 100 Å². The first kappa shape index (κ1) is 27.0. The van der Waals surface area contributed by atoms with E-state index in [4.69, 9.17) is 18.9 Å². The molecule has 38 heavy (non-hydrogen) atoms. The number of Topliss-reactive ketones (excluding diaryl/α,β-unsaturated/α-hetero) is 1. The molecule has 4 rings (SSSR count). The van der Waals surface area contributed by atoms with E-state index in [1.807, 2.05) is 36.4 Å². The van der Waals surface area contributed by atoms with Crippen molar-refractivity contribution in [2.75, 3.05) is 27.4 Å². The summed E-state index contributed by atoms with van der Waals surface area (Å²) in [6.07, 6.45) is 0.346. The zero-order valence-electron chi connectivity index (χ0n) is 22.3. The third-order valence-corrected chi connectivity index (χ3v) is 7.02. The van der Waals surface area contributed by atoms with Crippen LogP contribution in [0.5, 0.6) is 11.5 Å². The molecular weight excluding hydrogens is 486 g/mol. The number of ketones is 1. The monoisotopic (exact) mass is 519 g/mol. The van der Waals surface area contributed by atoms with Gasteiger partial charge in [-0.15, -0.1) is 0 Å². The fourth-order valence-corrected chi connectivity index (χ4v) is 5.44. The Morgan fingerprint density at radius 3 is 2.39 bits per heavy atom. The summed E-state index contributed by atoms with van der Waals surface area (Å²) in [5.74, 6) is -2.73. The van der Waals surface area contributed by atoms with E-state index in [9.17, 15) is 14.4 Å². The number of carbonyl (C=O) groups excluding carboxylic acids is 3. The van der Waals surface area contributed by atoms with Crippen LogP contribution in [-0.4, -0.2) is 45.2 Å². The summed E-state index contributed by atoms with van der Waals surface area (Å²) >= 11 is 0. The van der Waals surface area contributed by atoms with Gasteiger partial charge in [0.15, 0.2) is 5.78 Å². The number of para-hydroxylation sites is 1. The van der Waals surface area contributed by atoms with Gasteiger partial charge in [0.1, 0.15) is 17.4 Å². The lowest BCUT2D eigenvalue weighted by molar-refractivity contribution is -0.152. The smallest absolute Gasteiger partial charge is 0.336 e. The highest BCUT2D eigenvalue weighted by molar-refractivity contribution is 6.13. The lowest BCUT2D eigenvalue weighted by atomic mass is 9.67. The van der Waals surface area contributed by atoms with Crippen LogP contribution in [0, 0.1) is 5.92 Å². The van der Waals surface area contributed by atoms with Crippen molar-refractivity contribution < 1.29 is 33.3 Å². The predicted octanol–water partition coefficient (Wildman–Crippen LogP) is 4.42. The number of allylic oxidation sites excluding steroid dienone is 3. The van der Waals surface area contributed by atoms with Gasteiger partial charge in [-0.25, -0.2) is 4.79 Å². The minimum Gasteiger partial charge on any atom is -0.497 e. The second-order valence-corrected chi connectivity index (χ2v) is 9.13. The van der Waals surface area contributed by atoms with Crippen molar-refractivity contribution in [1.82, 2.24) is 5.32 Å². The first-order chi connectivity index (χ1) is 18.4. The Morgan fingerprint density at radius 2 is 1.71 bits per heavy atom. The molecule has 3 atom stereocenters. The Morgan fingerprint density at radius 1 is 0.974 bits per heavy atom. The molecule has 0 radical (unpaired) electrons. The van der Waals surface area contributed by atoms with E-state index >= 15 is 0 Å². The Labute approximate surface area is 222 Å². The highest BCUT2D eigenvalue weighted by atomic mass is 16.5. The van der Waals surface area contributed by atoms with Crippen molar-refractivity contribution in [3.05, 3.63) is 82.2 Å². The second kappa shape index (κ2) is 11.5. The minimum absolute atomic E-state index is 0.137. The third-order valence-electron chi connectivity index (χ3n) is 7.02. The largest absolute Gasteiger partial charge is 0.497 e. The van der Waals surface area contributed by atoms with Gasteiger partial charge < -0.3 is 24.3 Å². The highest BCUT2D eigenvalue weighted by Gasteiger charge is 2.49.